The molecular formula is C16H26N2O. The van der Waals surface area contributed by atoms with Gasteiger partial charge in [-0.25, -0.2) is 0 Å². The maximum absolute atomic E-state index is 6.06. The number of nitrogens with two attached hydrogens (primary N) is 1. The van der Waals surface area contributed by atoms with Crippen LogP contribution in [0.15, 0.2) is 24.3 Å². The van der Waals surface area contributed by atoms with Gasteiger partial charge in [-0.15, -0.1) is 0 Å². The summed E-state index contributed by atoms with van der Waals surface area (Å²) in [6.07, 6.45) is 3.63. The smallest absolute Gasteiger partial charge is 0.122 e. The molecule has 0 amide bonds. The predicted octanol–water partition coefficient (Wildman–Crippen LogP) is 2.30. The minimum absolute atomic E-state index is 0.124. The minimum Gasteiger partial charge on any atom is -0.496 e. The summed E-state index contributed by atoms with van der Waals surface area (Å²) in [4.78, 5) is 2.54. The Morgan fingerprint density at radius 3 is 2.58 bits per heavy atom. The first-order chi connectivity index (χ1) is 9.17. The molecule has 1 fully saturated rings. The van der Waals surface area contributed by atoms with Crippen LogP contribution in [0.25, 0.3) is 0 Å². The van der Waals surface area contributed by atoms with E-state index in [2.05, 4.69) is 24.0 Å². The van der Waals surface area contributed by atoms with Gasteiger partial charge in [0.25, 0.3) is 0 Å². The third-order valence-corrected chi connectivity index (χ3v) is 4.11. The molecule has 0 saturated carbocycles. The Kier molecular flexibility index (Phi) is 4.83. The standard InChI is InChI=1S/C16H26N2O/c1-16(12-17,13-18-9-5-6-10-18)11-14-7-3-4-8-15(14)19-2/h3-4,7-8H,5-6,9-13,17H2,1-2H3. The average molecular weight is 262 g/mol. The van der Waals surface area contributed by atoms with Crippen molar-refractivity contribution in [1.82, 2.24) is 4.90 Å². The second kappa shape index (κ2) is 6.40. The first-order valence-corrected chi connectivity index (χ1v) is 7.21. The summed E-state index contributed by atoms with van der Waals surface area (Å²) in [5.41, 5.74) is 7.44. The van der Waals surface area contributed by atoms with Crippen molar-refractivity contribution in [3.8, 4) is 5.75 Å². The molecular weight excluding hydrogens is 236 g/mol. The number of hydrogen-bond donors (Lipinski definition) is 1. The van der Waals surface area contributed by atoms with Crippen LogP contribution >= 0.6 is 0 Å². The van der Waals surface area contributed by atoms with E-state index in [4.69, 9.17) is 10.5 Å². The van der Waals surface area contributed by atoms with Gasteiger partial charge < -0.3 is 15.4 Å². The zero-order valence-electron chi connectivity index (χ0n) is 12.2. The lowest BCUT2D eigenvalue weighted by Crippen LogP contribution is -2.41. The Morgan fingerprint density at radius 2 is 1.95 bits per heavy atom. The normalized spacial score (nSPS) is 19.3. The Hall–Kier alpha value is -1.06. The molecule has 0 spiro atoms. The van der Waals surface area contributed by atoms with Crippen LogP contribution in [-0.4, -0.2) is 38.2 Å². The van der Waals surface area contributed by atoms with E-state index in [0.717, 1.165) is 18.7 Å². The van der Waals surface area contributed by atoms with Crippen molar-refractivity contribution in [2.24, 2.45) is 11.1 Å². The largest absolute Gasteiger partial charge is 0.496 e. The highest BCUT2D eigenvalue weighted by atomic mass is 16.5. The number of rotatable bonds is 6. The lowest BCUT2D eigenvalue weighted by atomic mass is 9.83. The summed E-state index contributed by atoms with van der Waals surface area (Å²) in [6.45, 7) is 6.53. The van der Waals surface area contributed by atoms with Crippen molar-refractivity contribution in [2.75, 3.05) is 33.3 Å². The van der Waals surface area contributed by atoms with E-state index in [0.29, 0.717) is 6.54 Å². The van der Waals surface area contributed by atoms with Gasteiger partial charge in [0.2, 0.25) is 0 Å². The molecule has 1 unspecified atom stereocenters. The third-order valence-electron chi connectivity index (χ3n) is 4.11. The summed E-state index contributed by atoms with van der Waals surface area (Å²) in [5, 5.41) is 0. The number of nitrogens with zero attached hydrogens (tertiary/aromatic N) is 1. The molecule has 1 heterocycles. The molecule has 2 rings (SSSR count). The number of ether oxygens (including phenoxy) is 1. The molecule has 0 aromatic heterocycles. The molecule has 106 valence electrons. The molecule has 3 heteroatoms. The topological polar surface area (TPSA) is 38.5 Å². The highest BCUT2D eigenvalue weighted by Crippen LogP contribution is 2.29. The molecule has 1 atom stereocenters. The maximum atomic E-state index is 6.06. The van der Waals surface area contributed by atoms with E-state index < -0.39 is 0 Å². The predicted molar refractivity (Wildman–Crippen MR) is 79.5 cm³/mol. The van der Waals surface area contributed by atoms with Crippen LogP contribution in [0.3, 0.4) is 0 Å². The van der Waals surface area contributed by atoms with Crippen molar-refractivity contribution < 1.29 is 4.74 Å². The summed E-state index contributed by atoms with van der Waals surface area (Å²) in [7, 11) is 1.74. The summed E-state index contributed by atoms with van der Waals surface area (Å²) in [5.74, 6) is 0.976. The van der Waals surface area contributed by atoms with Crippen molar-refractivity contribution in [1.29, 1.82) is 0 Å². The summed E-state index contributed by atoms with van der Waals surface area (Å²) in [6, 6.07) is 8.27. The third kappa shape index (κ3) is 3.71. The van der Waals surface area contributed by atoms with E-state index in [1.807, 2.05) is 12.1 Å². The van der Waals surface area contributed by atoms with Gasteiger partial charge in [0.05, 0.1) is 7.11 Å². The van der Waals surface area contributed by atoms with Crippen LogP contribution in [0.1, 0.15) is 25.3 Å². The van der Waals surface area contributed by atoms with Crippen LogP contribution in [0, 0.1) is 5.41 Å². The van der Waals surface area contributed by atoms with Crippen molar-refractivity contribution in [3.05, 3.63) is 29.8 Å². The van der Waals surface area contributed by atoms with Gasteiger partial charge in [0.1, 0.15) is 5.75 Å². The lowest BCUT2D eigenvalue weighted by Gasteiger charge is -2.33. The monoisotopic (exact) mass is 262 g/mol. The second-order valence-corrected chi connectivity index (χ2v) is 5.99. The molecule has 0 aliphatic carbocycles. The molecule has 1 aliphatic rings. The van der Waals surface area contributed by atoms with Crippen LogP contribution in [-0.2, 0) is 6.42 Å². The van der Waals surface area contributed by atoms with Crippen molar-refractivity contribution in [2.45, 2.75) is 26.2 Å². The Morgan fingerprint density at radius 1 is 1.26 bits per heavy atom. The van der Waals surface area contributed by atoms with Gasteiger partial charge in [-0.1, -0.05) is 25.1 Å². The van der Waals surface area contributed by atoms with Crippen molar-refractivity contribution in [3.63, 3.8) is 0 Å². The Balaban J connectivity index is 2.07. The van der Waals surface area contributed by atoms with E-state index in [9.17, 15) is 0 Å². The van der Waals surface area contributed by atoms with Gasteiger partial charge in [-0.05, 0) is 55.9 Å². The van der Waals surface area contributed by atoms with E-state index in [-0.39, 0.29) is 5.41 Å². The molecule has 0 bridgehead atoms. The quantitative estimate of drug-likeness (QED) is 0.855. The zero-order valence-corrected chi connectivity index (χ0v) is 12.2. The first kappa shape index (κ1) is 14.4. The van der Waals surface area contributed by atoms with Crippen LogP contribution in [0.4, 0.5) is 0 Å². The van der Waals surface area contributed by atoms with Crippen molar-refractivity contribution >= 4 is 0 Å². The maximum Gasteiger partial charge on any atom is 0.122 e. The highest BCUT2D eigenvalue weighted by Gasteiger charge is 2.28. The molecule has 3 nitrogen and oxygen atoms in total. The number of likely N-dealkylation sites (tertiary alicyclic amines) is 1. The van der Waals surface area contributed by atoms with Gasteiger partial charge in [-0.3, -0.25) is 0 Å². The van der Waals surface area contributed by atoms with Gasteiger partial charge in [0.15, 0.2) is 0 Å². The molecule has 19 heavy (non-hydrogen) atoms. The minimum atomic E-state index is 0.124. The first-order valence-electron chi connectivity index (χ1n) is 7.21. The van der Waals surface area contributed by atoms with E-state index >= 15 is 0 Å². The fraction of sp³-hybridized carbons (Fsp3) is 0.625. The molecule has 1 aliphatic heterocycles. The van der Waals surface area contributed by atoms with Gasteiger partial charge in [-0.2, -0.15) is 0 Å². The van der Waals surface area contributed by atoms with Crippen LogP contribution in [0.5, 0.6) is 5.75 Å². The van der Waals surface area contributed by atoms with Crippen LogP contribution in [0.2, 0.25) is 0 Å². The number of hydrogen-bond acceptors (Lipinski definition) is 3. The Bertz CT molecular complexity index is 401. The van der Waals surface area contributed by atoms with Gasteiger partial charge in [0, 0.05) is 6.54 Å². The Labute approximate surface area is 116 Å². The number of para-hydroxylation sites is 1. The molecule has 1 aromatic rings. The molecule has 1 aromatic carbocycles. The average Bonchev–Trinajstić information content (AvgIpc) is 2.92. The van der Waals surface area contributed by atoms with Gasteiger partial charge >= 0.3 is 0 Å². The van der Waals surface area contributed by atoms with Crippen LogP contribution < -0.4 is 10.5 Å². The lowest BCUT2D eigenvalue weighted by molar-refractivity contribution is 0.195. The number of methoxy groups -OCH3 is 1. The molecule has 2 N–H and O–H groups in total. The SMILES string of the molecule is COc1ccccc1CC(C)(CN)CN1CCCC1. The summed E-state index contributed by atoms with van der Waals surface area (Å²) >= 11 is 0. The van der Waals surface area contributed by atoms with E-state index in [1.54, 1.807) is 7.11 Å². The second-order valence-electron chi connectivity index (χ2n) is 5.99. The van der Waals surface area contributed by atoms with E-state index in [1.165, 1.54) is 31.5 Å². The molecule has 1 saturated heterocycles. The summed E-state index contributed by atoms with van der Waals surface area (Å²) < 4.78 is 5.45. The zero-order chi connectivity index (χ0) is 13.7. The molecule has 0 radical (unpaired) electrons. The number of benzene rings is 1. The fourth-order valence-corrected chi connectivity index (χ4v) is 2.98. The highest BCUT2D eigenvalue weighted by molar-refractivity contribution is 5.34. The fourth-order valence-electron chi connectivity index (χ4n) is 2.98.